The number of amides is 4. The monoisotopic (exact) mass is 730 g/mol. The largest absolute Gasteiger partial charge is 0.495 e. The summed E-state index contributed by atoms with van der Waals surface area (Å²) in [4.78, 5) is 51.3. The molecule has 0 spiro atoms. The van der Waals surface area contributed by atoms with Crippen LogP contribution in [0.4, 0.5) is 15.3 Å². The van der Waals surface area contributed by atoms with E-state index in [0.29, 0.717) is 42.8 Å². The maximum absolute atomic E-state index is 13.6. The molecule has 2 fully saturated rings. The van der Waals surface area contributed by atoms with Crippen LogP contribution in [-0.2, 0) is 20.7 Å². The van der Waals surface area contributed by atoms with Crippen LogP contribution >= 0.6 is 23.5 Å². The number of carbonyl (C=O) groups is 4. The van der Waals surface area contributed by atoms with E-state index in [-0.39, 0.29) is 41.7 Å². The number of aliphatic hydroxyl groups is 2. The highest BCUT2D eigenvalue weighted by molar-refractivity contribution is 8.16. The van der Waals surface area contributed by atoms with Crippen molar-refractivity contribution in [3.8, 4) is 11.5 Å². The number of aryl methyl sites for hydroxylation is 1. The SMILES string of the molecule is COc1c([C@@H](O)COC2=CC=C(CC3SC(=O)NC3=O)CC2)cccc1N1C(=O)SC(Cc2ccc(OC[C@H](O)c3cccc(C)c3)cc2)C1=O. The highest BCUT2D eigenvalue weighted by Crippen LogP contribution is 2.42. The fraction of sp³-hybridized carbons (Fsp3) is 0.316. The summed E-state index contributed by atoms with van der Waals surface area (Å²) >= 11 is 1.94. The fourth-order valence-electron chi connectivity index (χ4n) is 6.09. The van der Waals surface area contributed by atoms with Gasteiger partial charge in [-0.3, -0.25) is 24.5 Å². The Morgan fingerprint density at radius 3 is 2.31 bits per heavy atom. The second-order valence-electron chi connectivity index (χ2n) is 12.4. The van der Waals surface area contributed by atoms with Gasteiger partial charge in [0, 0.05) is 12.0 Å². The van der Waals surface area contributed by atoms with E-state index in [0.717, 1.165) is 50.7 Å². The predicted octanol–water partition coefficient (Wildman–Crippen LogP) is 6.32. The van der Waals surface area contributed by atoms with Crippen molar-refractivity contribution in [2.75, 3.05) is 25.2 Å². The molecule has 3 N–H and O–H groups in total. The summed E-state index contributed by atoms with van der Waals surface area (Å²) in [5, 5.41) is 22.1. The van der Waals surface area contributed by atoms with Gasteiger partial charge in [0.2, 0.25) is 11.8 Å². The molecule has 266 valence electrons. The van der Waals surface area contributed by atoms with E-state index < -0.39 is 27.9 Å². The standard InChI is InChI=1S/C38H38N2O9S2/c1-22-5-3-6-25(17-22)30(41)20-48-26-15-11-24(12-16-26)19-33-36(44)40(38(46)51-33)29-8-4-7-28(34(29)47-2)31(42)21-49-27-13-9-23(10-14-27)18-32-35(43)39-37(45)50-32/h3-9,11-13,15-17,30-33,41-42H,10,14,18-21H2,1-2H3,(H,39,43,45)/t30-,31-,32?,33?/m0/s1. The molecule has 3 aromatic carbocycles. The van der Waals surface area contributed by atoms with Crippen molar-refractivity contribution in [1.82, 2.24) is 5.32 Å². The molecule has 6 rings (SSSR count). The summed E-state index contributed by atoms with van der Waals surface area (Å²) in [6.45, 7) is 1.96. The van der Waals surface area contributed by atoms with Crippen LogP contribution in [0.5, 0.6) is 11.5 Å². The van der Waals surface area contributed by atoms with Gasteiger partial charge in [-0.05, 0) is 61.6 Å². The molecule has 2 aliphatic heterocycles. The fourth-order valence-corrected chi connectivity index (χ4v) is 7.99. The van der Waals surface area contributed by atoms with Crippen LogP contribution in [0.15, 0.2) is 90.2 Å². The van der Waals surface area contributed by atoms with Crippen molar-refractivity contribution in [3.63, 3.8) is 0 Å². The van der Waals surface area contributed by atoms with Crippen LogP contribution in [0.2, 0.25) is 0 Å². The van der Waals surface area contributed by atoms with E-state index in [4.69, 9.17) is 14.2 Å². The van der Waals surface area contributed by atoms with E-state index >= 15 is 0 Å². The highest BCUT2D eigenvalue weighted by atomic mass is 32.2. The van der Waals surface area contributed by atoms with Gasteiger partial charge in [0.05, 0.1) is 29.1 Å². The van der Waals surface area contributed by atoms with Gasteiger partial charge in [-0.1, -0.05) is 89.3 Å². The summed E-state index contributed by atoms with van der Waals surface area (Å²) in [6.07, 6.45) is 3.82. The predicted molar refractivity (Wildman–Crippen MR) is 195 cm³/mol. The Kier molecular flexibility index (Phi) is 11.5. The van der Waals surface area contributed by atoms with Crippen molar-refractivity contribution in [3.05, 3.63) is 112 Å². The molecule has 4 amide bonds. The van der Waals surface area contributed by atoms with Crippen molar-refractivity contribution in [2.45, 2.75) is 55.3 Å². The van der Waals surface area contributed by atoms with Gasteiger partial charge >= 0.3 is 0 Å². The van der Waals surface area contributed by atoms with Crippen LogP contribution in [0.1, 0.15) is 53.7 Å². The average Bonchev–Trinajstić information content (AvgIpc) is 3.60. The number of ether oxygens (including phenoxy) is 3. The number of para-hydroxylation sites is 1. The highest BCUT2D eigenvalue weighted by Gasteiger charge is 2.42. The van der Waals surface area contributed by atoms with Gasteiger partial charge < -0.3 is 24.4 Å². The maximum Gasteiger partial charge on any atom is 0.293 e. The normalized spacial score (nSPS) is 20.1. The van der Waals surface area contributed by atoms with E-state index in [1.807, 2.05) is 49.4 Å². The van der Waals surface area contributed by atoms with Crippen molar-refractivity contribution in [2.24, 2.45) is 0 Å². The molecular formula is C38H38N2O9S2. The third-order valence-electron chi connectivity index (χ3n) is 8.77. The minimum Gasteiger partial charge on any atom is -0.495 e. The molecule has 51 heavy (non-hydrogen) atoms. The first-order valence-corrected chi connectivity index (χ1v) is 18.2. The lowest BCUT2D eigenvalue weighted by Gasteiger charge is -2.23. The van der Waals surface area contributed by atoms with Gasteiger partial charge in [0.1, 0.15) is 36.9 Å². The van der Waals surface area contributed by atoms with Gasteiger partial charge in [0.25, 0.3) is 10.5 Å². The Balaban J connectivity index is 1.05. The number of carbonyl (C=O) groups excluding carboxylic acids is 4. The number of thioether (sulfide) groups is 2. The molecule has 2 unspecified atom stereocenters. The first-order valence-electron chi connectivity index (χ1n) is 16.5. The van der Waals surface area contributed by atoms with Crippen molar-refractivity contribution < 1.29 is 43.6 Å². The zero-order valence-electron chi connectivity index (χ0n) is 28.1. The number of methoxy groups -OCH3 is 1. The first-order chi connectivity index (χ1) is 24.6. The molecule has 3 aromatic rings. The lowest BCUT2D eigenvalue weighted by atomic mass is 9.99. The lowest BCUT2D eigenvalue weighted by molar-refractivity contribution is -0.119. The number of aliphatic hydroxyl groups excluding tert-OH is 2. The molecular weight excluding hydrogens is 693 g/mol. The molecule has 1 aliphatic carbocycles. The number of nitrogens with one attached hydrogen (secondary N) is 1. The van der Waals surface area contributed by atoms with Crippen molar-refractivity contribution >= 4 is 51.5 Å². The summed E-state index contributed by atoms with van der Waals surface area (Å²) in [5.41, 5.74) is 4.32. The number of hydrogen-bond donors (Lipinski definition) is 3. The molecule has 0 bridgehead atoms. The second kappa shape index (κ2) is 16.2. The molecule has 0 radical (unpaired) electrons. The Morgan fingerprint density at radius 1 is 0.863 bits per heavy atom. The number of hydrogen-bond acceptors (Lipinski definition) is 11. The minimum atomic E-state index is -1.12. The Morgan fingerprint density at radius 2 is 1.63 bits per heavy atom. The average molecular weight is 731 g/mol. The molecule has 2 saturated heterocycles. The Hall–Kier alpha value is -4.56. The Bertz CT molecular complexity index is 1880. The summed E-state index contributed by atoms with van der Waals surface area (Å²) < 4.78 is 17.3. The molecule has 4 atom stereocenters. The van der Waals surface area contributed by atoms with Gasteiger partial charge in [-0.15, -0.1) is 0 Å². The van der Waals surface area contributed by atoms with Crippen molar-refractivity contribution in [1.29, 1.82) is 0 Å². The zero-order chi connectivity index (χ0) is 36.1. The van der Waals surface area contributed by atoms with Gasteiger partial charge in [0.15, 0.2) is 0 Å². The smallest absolute Gasteiger partial charge is 0.293 e. The summed E-state index contributed by atoms with van der Waals surface area (Å²) in [6, 6.07) is 19.8. The second-order valence-corrected chi connectivity index (χ2v) is 14.7. The van der Waals surface area contributed by atoms with E-state index in [2.05, 4.69) is 5.32 Å². The van der Waals surface area contributed by atoms with E-state index in [1.54, 1.807) is 36.4 Å². The van der Waals surface area contributed by atoms with Crippen LogP contribution in [0.3, 0.4) is 0 Å². The quantitative estimate of drug-likeness (QED) is 0.171. The number of rotatable bonds is 14. The number of benzene rings is 3. The third-order valence-corrected chi connectivity index (χ3v) is 10.8. The number of imide groups is 2. The summed E-state index contributed by atoms with van der Waals surface area (Å²) in [7, 11) is 1.42. The van der Waals surface area contributed by atoms with Crippen LogP contribution in [0.25, 0.3) is 0 Å². The number of anilines is 1. The third kappa shape index (κ3) is 8.67. The van der Waals surface area contributed by atoms with Crippen LogP contribution in [0, 0.1) is 6.92 Å². The van der Waals surface area contributed by atoms with Gasteiger partial charge in [-0.2, -0.15) is 0 Å². The molecule has 2 heterocycles. The molecule has 11 nitrogen and oxygen atoms in total. The molecule has 0 aromatic heterocycles. The van der Waals surface area contributed by atoms with E-state index in [9.17, 15) is 29.4 Å². The molecule has 0 saturated carbocycles. The van der Waals surface area contributed by atoms with E-state index in [1.165, 1.54) is 7.11 Å². The molecule has 3 aliphatic rings. The lowest BCUT2D eigenvalue weighted by Crippen LogP contribution is -2.32. The van der Waals surface area contributed by atoms with Crippen LogP contribution in [-0.4, -0.2) is 63.3 Å². The summed E-state index contributed by atoms with van der Waals surface area (Å²) in [5.74, 6) is 0.780. The number of allylic oxidation sites excluding steroid dienone is 4. The van der Waals surface area contributed by atoms with Gasteiger partial charge in [-0.25, -0.2) is 4.90 Å². The topological polar surface area (TPSA) is 152 Å². The maximum atomic E-state index is 13.6. The number of nitrogens with zero attached hydrogens (tertiary/aromatic N) is 1. The minimum absolute atomic E-state index is 0.0892. The molecule has 13 heteroatoms. The Labute approximate surface area is 304 Å². The zero-order valence-corrected chi connectivity index (χ0v) is 29.7. The van der Waals surface area contributed by atoms with Crippen LogP contribution < -0.4 is 19.7 Å². The first kappa shape index (κ1) is 36.2.